The largest absolute Gasteiger partial charge is 0.494 e. The van der Waals surface area contributed by atoms with Crippen molar-refractivity contribution in [2.24, 2.45) is 10.9 Å². The molecule has 0 aliphatic rings. The van der Waals surface area contributed by atoms with Crippen LogP contribution in [0, 0.1) is 5.92 Å². The van der Waals surface area contributed by atoms with Crippen molar-refractivity contribution < 1.29 is 14.6 Å². The molecule has 1 N–H and O–H groups in total. The van der Waals surface area contributed by atoms with E-state index in [9.17, 15) is 4.79 Å². The lowest BCUT2D eigenvalue weighted by molar-refractivity contribution is -0.131. The number of aliphatic imine (C=N–C) groups is 1. The van der Waals surface area contributed by atoms with Gasteiger partial charge in [-0.2, -0.15) is 0 Å². The highest BCUT2D eigenvalue weighted by Crippen LogP contribution is 2.24. The molecule has 0 aliphatic carbocycles. The van der Waals surface area contributed by atoms with Crippen LogP contribution < -0.4 is 4.74 Å². The van der Waals surface area contributed by atoms with Crippen LogP contribution in [0.4, 0.5) is 5.69 Å². The number of hydrogen-bond donors (Lipinski definition) is 1. The Morgan fingerprint density at radius 2 is 1.66 bits per heavy atom. The number of benzene rings is 2. The van der Waals surface area contributed by atoms with Crippen LogP contribution in [0.2, 0.25) is 0 Å². The molecule has 190 valence electrons. The van der Waals surface area contributed by atoms with E-state index in [1.165, 1.54) is 51.0 Å². The van der Waals surface area contributed by atoms with Crippen LogP contribution in [-0.4, -0.2) is 23.9 Å². The Morgan fingerprint density at radius 3 is 2.31 bits per heavy atom. The number of hydrogen-bond acceptors (Lipinski definition) is 3. The van der Waals surface area contributed by atoms with Crippen molar-refractivity contribution in [1.82, 2.24) is 0 Å². The summed E-state index contributed by atoms with van der Waals surface area (Å²) in [6.07, 6.45) is 17.1. The number of ether oxygens (including phenoxy) is 1. The van der Waals surface area contributed by atoms with Gasteiger partial charge in [-0.25, -0.2) is 4.79 Å². The second-order valence-electron chi connectivity index (χ2n) is 9.42. The predicted octanol–water partition coefficient (Wildman–Crippen LogP) is 8.64. The molecule has 0 spiro atoms. The lowest BCUT2D eigenvalue weighted by Gasteiger charge is -2.12. The first-order valence-corrected chi connectivity index (χ1v) is 13.3. The van der Waals surface area contributed by atoms with E-state index in [1.807, 2.05) is 42.6 Å². The number of unbranched alkanes of at least 4 members (excludes halogenated alkanes) is 7. The number of rotatable bonds is 17. The molecule has 1 unspecified atom stereocenters. The first kappa shape index (κ1) is 28.4. The minimum absolute atomic E-state index is 0.518. The second kappa shape index (κ2) is 16.7. The van der Waals surface area contributed by atoms with Crippen molar-refractivity contribution in [3.05, 3.63) is 65.2 Å². The van der Waals surface area contributed by atoms with Crippen LogP contribution >= 0.6 is 0 Å². The third kappa shape index (κ3) is 11.9. The molecule has 0 radical (unpaired) electrons. The zero-order valence-corrected chi connectivity index (χ0v) is 21.8. The van der Waals surface area contributed by atoms with Crippen LogP contribution in [0.15, 0.2) is 53.5 Å². The molecule has 0 aromatic heterocycles. The van der Waals surface area contributed by atoms with E-state index in [0.29, 0.717) is 5.92 Å². The first-order valence-electron chi connectivity index (χ1n) is 13.3. The summed E-state index contributed by atoms with van der Waals surface area (Å²) < 4.78 is 5.89. The quantitative estimate of drug-likeness (QED) is 0.141. The molecule has 4 heteroatoms. The lowest BCUT2D eigenvalue weighted by Crippen LogP contribution is -2.00. The highest BCUT2D eigenvalue weighted by Gasteiger charge is 2.07. The van der Waals surface area contributed by atoms with Crippen molar-refractivity contribution >= 4 is 23.9 Å². The van der Waals surface area contributed by atoms with E-state index < -0.39 is 5.97 Å². The van der Waals surface area contributed by atoms with Gasteiger partial charge in [0.05, 0.1) is 12.3 Å². The summed E-state index contributed by atoms with van der Waals surface area (Å²) in [5.74, 6) is 0.479. The molecular weight excluding hydrogens is 434 g/mol. The van der Waals surface area contributed by atoms with Crippen LogP contribution in [0.5, 0.6) is 5.75 Å². The molecule has 0 saturated heterocycles. The van der Waals surface area contributed by atoms with Crippen LogP contribution in [0.3, 0.4) is 0 Å². The second-order valence-corrected chi connectivity index (χ2v) is 9.42. The maximum absolute atomic E-state index is 10.9. The van der Waals surface area contributed by atoms with Crippen molar-refractivity contribution in [3.8, 4) is 5.75 Å². The van der Waals surface area contributed by atoms with Crippen LogP contribution in [0.25, 0.3) is 6.08 Å². The maximum atomic E-state index is 10.9. The van der Waals surface area contributed by atoms with Gasteiger partial charge in [0.25, 0.3) is 0 Å². The Balaban J connectivity index is 1.87. The van der Waals surface area contributed by atoms with Gasteiger partial charge in [0.2, 0.25) is 0 Å². The molecule has 0 bridgehead atoms. The first-order chi connectivity index (χ1) is 17.0. The number of nitrogens with zero attached hydrogens (tertiary/aromatic N) is 1. The summed E-state index contributed by atoms with van der Waals surface area (Å²) >= 11 is 0. The van der Waals surface area contributed by atoms with Gasteiger partial charge in [-0.3, -0.25) is 4.99 Å². The lowest BCUT2D eigenvalue weighted by atomic mass is 9.94. The number of carboxylic acid groups (broad SMARTS) is 1. The molecule has 0 heterocycles. The summed E-state index contributed by atoms with van der Waals surface area (Å²) in [6, 6.07) is 14.0. The van der Waals surface area contributed by atoms with Crippen molar-refractivity contribution in [3.63, 3.8) is 0 Å². The van der Waals surface area contributed by atoms with E-state index >= 15 is 0 Å². The molecule has 2 aromatic carbocycles. The summed E-state index contributed by atoms with van der Waals surface area (Å²) in [4.78, 5) is 15.6. The normalized spacial score (nSPS) is 12.4. The summed E-state index contributed by atoms with van der Waals surface area (Å²) in [6.45, 7) is 7.40. The topological polar surface area (TPSA) is 58.9 Å². The Bertz CT molecular complexity index is 931. The van der Waals surface area contributed by atoms with E-state index in [2.05, 4.69) is 31.8 Å². The Hall–Kier alpha value is -2.88. The van der Waals surface area contributed by atoms with Gasteiger partial charge in [-0.15, -0.1) is 0 Å². The van der Waals surface area contributed by atoms with Gasteiger partial charge in [-0.1, -0.05) is 78.2 Å². The van der Waals surface area contributed by atoms with Gasteiger partial charge in [0, 0.05) is 12.3 Å². The van der Waals surface area contributed by atoms with Crippen LogP contribution in [-0.2, 0) is 11.2 Å². The Kier molecular flexibility index (Phi) is 13.5. The summed E-state index contributed by atoms with van der Waals surface area (Å²) in [5.41, 5.74) is 3.94. The zero-order chi connectivity index (χ0) is 25.3. The minimum atomic E-state index is -0.938. The smallest absolute Gasteiger partial charge is 0.328 e. The summed E-state index contributed by atoms with van der Waals surface area (Å²) in [5, 5.41) is 8.97. The van der Waals surface area contributed by atoms with Gasteiger partial charge in [-0.05, 0) is 77.9 Å². The molecule has 0 saturated carbocycles. The van der Waals surface area contributed by atoms with E-state index in [1.54, 1.807) is 6.08 Å². The third-order valence-electron chi connectivity index (χ3n) is 6.31. The standard InChI is InChI=1S/C31H43NO3/c1-4-6-7-8-9-10-11-12-21-35-30-18-13-26(14-19-30)24-32-29-17-15-27(16-20-31(33)34)28(23-29)22-25(3)5-2/h13-20,23-25H,4-12,21-22H2,1-3H3,(H,33,34). The number of carbonyl (C=O) groups is 1. The molecular formula is C31H43NO3. The molecule has 35 heavy (non-hydrogen) atoms. The Morgan fingerprint density at radius 1 is 0.971 bits per heavy atom. The molecule has 0 amide bonds. The van der Waals surface area contributed by atoms with Crippen molar-refractivity contribution in [2.45, 2.75) is 85.0 Å². The van der Waals surface area contributed by atoms with Crippen molar-refractivity contribution in [1.29, 1.82) is 0 Å². The molecule has 0 aliphatic heterocycles. The van der Waals surface area contributed by atoms with Crippen LogP contribution in [0.1, 0.15) is 95.2 Å². The number of aliphatic carboxylic acids is 1. The van der Waals surface area contributed by atoms with E-state index in [0.717, 1.165) is 54.0 Å². The Labute approximate surface area is 212 Å². The fourth-order valence-corrected chi connectivity index (χ4v) is 3.92. The maximum Gasteiger partial charge on any atom is 0.328 e. The molecule has 1 atom stereocenters. The molecule has 2 aromatic rings. The van der Waals surface area contributed by atoms with Crippen molar-refractivity contribution in [2.75, 3.05) is 6.61 Å². The fraction of sp³-hybridized carbons (Fsp3) is 0.484. The average Bonchev–Trinajstić information content (AvgIpc) is 2.86. The van der Waals surface area contributed by atoms with E-state index in [-0.39, 0.29) is 0 Å². The van der Waals surface area contributed by atoms with Gasteiger partial charge >= 0.3 is 5.97 Å². The highest BCUT2D eigenvalue weighted by atomic mass is 16.5. The van der Waals surface area contributed by atoms with Gasteiger partial charge in [0.15, 0.2) is 0 Å². The fourth-order valence-electron chi connectivity index (χ4n) is 3.92. The summed E-state index contributed by atoms with van der Waals surface area (Å²) in [7, 11) is 0. The zero-order valence-electron chi connectivity index (χ0n) is 21.8. The monoisotopic (exact) mass is 477 g/mol. The SMILES string of the molecule is CCCCCCCCCCOc1ccc(C=Nc2ccc(C=CC(=O)O)c(CC(C)CC)c2)cc1. The highest BCUT2D eigenvalue weighted by molar-refractivity contribution is 5.86. The predicted molar refractivity (Wildman–Crippen MR) is 148 cm³/mol. The van der Waals surface area contributed by atoms with Gasteiger partial charge in [0.1, 0.15) is 5.75 Å². The molecule has 0 fully saturated rings. The molecule has 4 nitrogen and oxygen atoms in total. The van der Waals surface area contributed by atoms with Gasteiger partial charge < -0.3 is 9.84 Å². The average molecular weight is 478 g/mol. The third-order valence-corrected chi connectivity index (χ3v) is 6.31. The van der Waals surface area contributed by atoms with E-state index in [4.69, 9.17) is 9.84 Å². The minimum Gasteiger partial charge on any atom is -0.494 e. The number of carboxylic acids is 1. The molecule has 2 rings (SSSR count).